The minimum absolute atomic E-state index is 0.154. The smallest absolute Gasteiger partial charge is 0.339 e. The molecule has 0 amide bonds. The van der Waals surface area contributed by atoms with E-state index in [1.165, 1.54) is 63.5 Å². The van der Waals surface area contributed by atoms with E-state index in [4.69, 9.17) is 9.47 Å². The summed E-state index contributed by atoms with van der Waals surface area (Å²) < 4.78 is 10.7. The Balaban J connectivity index is 0.000000363. The van der Waals surface area contributed by atoms with Crippen LogP contribution in [0.3, 0.4) is 0 Å². The molecule has 3 aromatic carbocycles. The van der Waals surface area contributed by atoms with E-state index in [-0.39, 0.29) is 11.5 Å². The van der Waals surface area contributed by atoms with Crippen LogP contribution >= 0.6 is 0 Å². The van der Waals surface area contributed by atoms with Crippen molar-refractivity contribution >= 4 is 11.9 Å². The average molecular weight is 577 g/mol. The summed E-state index contributed by atoms with van der Waals surface area (Å²) >= 11 is 0. The number of carbonyl (C=O) groups excluding carboxylic acids is 2. The van der Waals surface area contributed by atoms with Crippen LogP contribution in [-0.4, -0.2) is 35.4 Å². The molecule has 2 N–H and O–H groups in total. The van der Waals surface area contributed by atoms with Crippen molar-refractivity contribution in [1.29, 1.82) is 0 Å². The van der Waals surface area contributed by atoms with Crippen molar-refractivity contribution in [3.05, 3.63) is 83.9 Å². The van der Waals surface area contributed by atoms with E-state index < -0.39 is 11.9 Å². The van der Waals surface area contributed by atoms with E-state index in [2.05, 4.69) is 13.8 Å². The van der Waals surface area contributed by atoms with Gasteiger partial charge in [0.05, 0.1) is 24.3 Å². The quantitative estimate of drug-likeness (QED) is 0.0944. The standard InChI is InChI=1S/C24H38O4.C12H10O2/c1-3-5-7-9-11-15-19-27-23(25)21-17-13-14-18-22(21)24(26)28-20-16-12-10-8-6-4-2;13-10-6-7-12(14)11(8-10)9-4-2-1-3-5-9/h13-14,17-18H,3-12,15-16,19-20H2,1-2H3;1-8,13-14H. The number of aromatic hydroxyl groups is 2. The molecule has 0 fully saturated rings. The van der Waals surface area contributed by atoms with Gasteiger partial charge in [0.1, 0.15) is 11.5 Å². The van der Waals surface area contributed by atoms with Gasteiger partial charge in [0.25, 0.3) is 0 Å². The monoisotopic (exact) mass is 576 g/mol. The van der Waals surface area contributed by atoms with Crippen LogP contribution in [0.5, 0.6) is 11.5 Å². The van der Waals surface area contributed by atoms with Crippen molar-refractivity contribution in [2.75, 3.05) is 13.2 Å². The Morgan fingerprint density at radius 1 is 0.571 bits per heavy atom. The van der Waals surface area contributed by atoms with Gasteiger partial charge in [-0.3, -0.25) is 0 Å². The fraction of sp³-hybridized carbons (Fsp3) is 0.444. The Morgan fingerprint density at radius 2 is 1.02 bits per heavy atom. The zero-order valence-electron chi connectivity index (χ0n) is 25.4. The number of unbranched alkanes of at least 4 members (excludes halogenated alkanes) is 10. The number of phenols is 2. The van der Waals surface area contributed by atoms with Crippen LogP contribution in [0.2, 0.25) is 0 Å². The highest BCUT2D eigenvalue weighted by molar-refractivity contribution is 6.03. The van der Waals surface area contributed by atoms with Gasteiger partial charge in [0.15, 0.2) is 0 Å². The van der Waals surface area contributed by atoms with E-state index >= 15 is 0 Å². The molecule has 0 aliphatic rings. The fourth-order valence-corrected chi connectivity index (χ4v) is 4.46. The molecule has 0 saturated heterocycles. The summed E-state index contributed by atoms with van der Waals surface area (Å²) in [5, 5.41) is 18.9. The van der Waals surface area contributed by atoms with Crippen LogP contribution in [0, 0.1) is 0 Å². The number of phenolic OH excluding ortho intramolecular Hbond substituents is 2. The number of ether oxygens (including phenoxy) is 2. The first-order chi connectivity index (χ1) is 20.5. The van der Waals surface area contributed by atoms with Gasteiger partial charge in [0, 0.05) is 5.56 Å². The molecule has 0 aliphatic carbocycles. The highest BCUT2D eigenvalue weighted by Gasteiger charge is 2.18. The van der Waals surface area contributed by atoms with Gasteiger partial charge in [-0.25, -0.2) is 9.59 Å². The third-order valence-corrected chi connectivity index (χ3v) is 6.89. The van der Waals surface area contributed by atoms with Gasteiger partial charge in [-0.05, 0) is 48.7 Å². The fourth-order valence-electron chi connectivity index (χ4n) is 4.46. The van der Waals surface area contributed by atoms with Gasteiger partial charge in [-0.2, -0.15) is 0 Å². The molecular weight excluding hydrogens is 528 g/mol. The Kier molecular flexibility index (Phi) is 17.2. The number of benzene rings is 3. The first-order valence-corrected chi connectivity index (χ1v) is 15.5. The van der Waals surface area contributed by atoms with E-state index in [0.717, 1.165) is 31.2 Å². The van der Waals surface area contributed by atoms with Gasteiger partial charge >= 0.3 is 11.9 Å². The largest absolute Gasteiger partial charge is 0.508 e. The summed E-state index contributed by atoms with van der Waals surface area (Å²) in [5.41, 5.74) is 2.12. The maximum absolute atomic E-state index is 12.4. The van der Waals surface area contributed by atoms with Gasteiger partial charge in [-0.1, -0.05) is 121 Å². The number of hydrogen-bond donors (Lipinski definition) is 2. The first-order valence-electron chi connectivity index (χ1n) is 15.5. The third-order valence-electron chi connectivity index (χ3n) is 6.89. The molecule has 0 unspecified atom stereocenters. The summed E-state index contributed by atoms with van der Waals surface area (Å²) in [6, 6.07) is 20.7. The molecule has 3 aromatic rings. The Morgan fingerprint density at radius 3 is 1.52 bits per heavy atom. The number of carbonyl (C=O) groups is 2. The lowest BCUT2D eigenvalue weighted by Gasteiger charge is -2.10. The molecule has 0 radical (unpaired) electrons. The topological polar surface area (TPSA) is 93.1 Å². The van der Waals surface area contributed by atoms with Crippen LogP contribution in [0.1, 0.15) is 112 Å². The van der Waals surface area contributed by atoms with Gasteiger partial charge < -0.3 is 19.7 Å². The predicted molar refractivity (Wildman–Crippen MR) is 169 cm³/mol. The van der Waals surface area contributed by atoms with E-state index in [0.29, 0.717) is 29.9 Å². The number of rotatable bonds is 17. The molecule has 0 aliphatic heterocycles. The first kappa shape index (κ1) is 34.4. The maximum Gasteiger partial charge on any atom is 0.339 e. The third kappa shape index (κ3) is 13.2. The summed E-state index contributed by atoms with van der Waals surface area (Å²) in [6.45, 7) is 5.17. The summed E-state index contributed by atoms with van der Waals surface area (Å²) in [4.78, 5) is 24.7. The Labute approximate surface area is 251 Å². The summed E-state index contributed by atoms with van der Waals surface area (Å²) in [7, 11) is 0. The van der Waals surface area contributed by atoms with Crippen molar-refractivity contribution in [3.63, 3.8) is 0 Å². The molecule has 0 saturated carbocycles. The van der Waals surface area contributed by atoms with Crippen LogP contribution in [0.25, 0.3) is 11.1 Å². The SMILES string of the molecule is CCCCCCCCOC(=O)c1ccccc1C(=O)OCCCCCCCC.Oc1ccc(O)c(-c2ccccc2)c1. The minimum atomic E-state index is -0.444. The molecule has 0 heterocycles. The maximum atomic E-state index is 12.4. The molecule has 3 rings (SSSR count). The number of esters is 2. The Bertz CT molecular complexity index is 1130. The van der Waals surface area contributed by atoms with Crippen molar-refractivity contribution in [2.45, 2.75) is 90.9 Å². The highest BCUT2D eigenvalue weighted by atomic mass is 16.5. The summed E-state index contributed by atoms with van der Waals surface area (Å²) in [6.07, 6.45) is 13.6. The molecule has 6 heteroatoms. The minimum Gasteiger partial charge on any atom is -0.508 e. The zero-order valence-corrected chi connectivity index (χ0v) is 25.4. The van der Waals surface area contributed by atoms with Crippen LogP contribution in [-0.2, 0) is 9.47 Å². The second kappa shape index (κ2) is 21.0. The molecule has 0 aromatic heterocycles. The van der Waals surface area contributed by atoms with Gasteiger partial charge in [-0.15, -0.1) is 0 Å². The van der Waals surface area contributed by atoms with Crippen LogP contribution < -0.4 is 0 Å². The van der Waals surface area contributed by atoms with Crippen LogP contribution in [0.15, 0.2) is 72.8 Å². The summed E-state index contributed by atoms with van der Waals surface area (Å²) in [5.74, 6) is -0.558. The molecule has 0 spiro atoms. The predicted octanol–water partition coefficient (Wildman–Crippen LogP) is 9.49. The van der Waals surface area contributed by atoms with Crippen molar-refractivity contribution in [3.8, 4) is 22.6 Å². The molecule has 0 bridgehead atoms. The second-order valence-corrected chi connectivity index (χ2v) is 10.4. The van der Waals surface area contributed by atoms with Gasteiger partial charge in [0.2, 0.25) is 0 Å². The second-order valence-electron chi connectivity index (χ2n) is 10.4. The van der Waals surface area contributed by atoms with E-state index in [9.17, 15) is 19.8 Å². The van der Waals surface area contributed by atoms with Crippen LogP contribution in [0.4, 0.5) is 0 Å². The average Bonchev–Trinajstić information content (AvgIpc) is 3.02. The van der Waals surface area contributed by atoms with Crippen molar-refractivity contribution in [2.24, 2.45) is 0 Å². The normalized spacial score (nSPS) is 10.4. The molecule has 0 atom stereocenters. The molecule has 42 heavy (non-hydrogen) atoms. The lowest BCUT2D eigenvalue weighted by atomic mass is 10.0. The molecular formula is C36H48O6. The Hall–Kier alpha value is -3.80. The number of hydrogen-bond acceptors (Lipinski definition) is 6. The highest BCUT2D eigenvalue weighted by Crippen LogP contribution is 2.31. The lowest BCUT2D eigenvalue weighted by Crippen LogP contribution is -2.15. The van der Waals surface area contributed by atoms with Crippen molar-refractivity contribution in [1.82, 2.24) is 0 Å². The zero-order chi connectivity index (χ0) is 30.4. The van der Waals surface area contributed by atoms with Crippen molar-refractivity contribution < 1.29 is 29.3 Å². The molecule has 228 valence electrons. The van der Waals surface area contributed by atoms with E-state index in [1.807, 2.05) is 30.3 Å². The lowest BCUT2D eigenvalue weighted by molar-refractivity contribution is 0.0450. The van der Waals surface area contributed by atoms with E-state index in [1.54, 1.807) is 30.3 Å². The molecule has 6 nitrogen and oxygen atoms in total.